The van der Waals surface area contributed by atoms with Gasteiger partial charge >= 0.3 is 41.3 Å². The molecule has 0 bridgehead atoms. The first-order valence-corrected chi connectivity index (χ1v) is 10.7. The molecule has 0 saturated carbocycles. The van der Waals surface area contributed by atoms with E-state index >= 15 is 0 Å². The fourth-order valence-corrected chi connectivity index (χ4v) is 2.22. The summed E-state index contributed by atoms with van der Waals surface area (Å²) in [6, 6.07) is 29.3. The van der Waals surface area contributed by atoms with E-state index in [4.69, 9.17) is 0 Å². The van der Waals surface area contributed by atoms with E-state index in [1.54, 1.807) is 24.2 Å². The predicted molar refractivity (Wildman–Crippen MR) is 125 cm³/mol. The Balaban J connectivity index is 0.000000414. The predicted octanol–water partition coefficient (Wildman–Crippen LogP) is 5.62. The zero-order chi connectivity index (χ0) is 22.9. The van der Waals surface area contributed by atoms with E-state index in [0.717, 1.165) is 0 Å². The summed E-state index contributed by atoms with van der Waals surface area (Å²) in [4.78, 5) is 0. The molecule has 30 heavy (non-hydrogen) atoms. The molecule has 0 radical (unpaired) electrons. The molecule has 0 aliphatic carbocycles. The molecule has 0 N–H and O–H groups in total. The first kappa shape index (κ1) is 27.5. The molecule has 0 atom stereocenters. The zero-order valence-electron chi connectivity index (χ0n) is 18.3. The van der Waals surface area contributed by atoms with E-state index in [-0.39, 0.29) is 11.5 Å². The molecule has 156 valence electrons. The number of hydrogen-bond acceptors (Lipinski definition) is 2. The molecular weight excluding hydrogens is 448 g/mol. The van der Waals surface area contributed by atoms with Crippen molar-refractivity contribution in [3.05, 3.63) is 110 Å². The summed E-state index contributed by atoms with van der Waals surface area (Å²) in [5, 5.41) is 24.1. The molecule has 0 aliphatic rings. The molecule has 4 aromatic rings. The number of fused-ring (bicyclic) bond motifs is 3. The topological polar surface area (TPSA) is 46.1 Å². The van der Waals surface area contributed by atoms with Crippen LogP contribution in [-0.4, -0.2) is 3.21 Å². The molecule has 0 saturated heterocycles. The molecule has 4 rings (SSSR count). The Morgan fingerprint density at radius 2 is 1.00 bits per heavy atom. The maximum atomic E-state index is 9.33. The molecule has 0 heterocycles. The monoisotopic (exact) mass is 476 g/mol. The van der Waals surface area contributed by atoms with Gasteiger partial charge in [-0.25, -0.2) is 12.1 Å². The van der Waals surface area contributed by atoms with Crippen LogP contribution in [0.4, 0.5) is 0 Å². The fourth-order valence-electron chi connectivity index (χ4n) is 2.22. The normalized spacial score (nSPS) is 8.73. The molecule has 0 amide bonds. The molecule has 0 fully saturated rings. The first-order chi connectivity index (χ1) is 14.1. The Hall–Kier alpha value is -2.51. The van der Waals surface area contributed by atoms with Crippen molar-refractivity contribution in [2.45, 2.75) is 27.7 Å². The largest absolute Gasteiger partial charge is 0.214 e. The van der Waals surface area contributed by atoms with E-state index in [1.807, 2.05) is 30.3 Å². The van der Waals surface area contributed by atoms with Gasteiger partial charge in [-0.15, -0.1) is 64.4 Å². The van der Waals surface area contributed by atoms with Crippen LogP contribution >= 0.6 is 0 Å². The van der Waals surface area contributed by atoms with Gasteiger partial charge in [-0.05, 0) is 0 Å². The second-order valence-electron chi connectivity index (χ2n) is 6.69. The molecule has 0 aromatic heterocycles. The van der Waals surface area contributed by atoms with E-state index in [2.05, 4.69) is 81.6 Å². The Bertz CT molecular complexity index is 900. The van der Waals surface area contributed by atoms with Gasteiger partial charge in [0, 0.05) is 0 Å². The SMILES string of the molecule is C=C(C)[O-].C=C(C)[O-].C[C](C)=[Zr+2].c1cc[cH-]c1.c1ccc2c(c1)[cH-]c1ccccc12. The van der Waals surface area contributed by atoms with Gasteiger partial charge < -0.3 is 10.2 Å². The van der Waals surface area contributed by atoms with Crippen LogP contribution in [0.15, 0.2) is 110 Å². The summed E-state index contributed by atoms with van der Waals surface area (Å²) < 4.78 is 1.51. The van der Waals surface area contributed by atoms with Crippen LogP contribution in [0.3, 0.4) is 0 Å². The summed E-state index contributed by atoms with van der Waals surface area (Å²) >= 11 is 1.55. The molecule has 3 heteroatoms. The maximum absolute atomic E-state index is 9.33. The Labute approximate surface area is 195 Å². The van der Waals surface area contributed by atoms with Gasteiger partial charge in [0.05, 0.1) is 0 Å². The smallest absolute Gasteiger partial charge is 0.0771 e. The van der Waals surface area contributed by atoms with Crippen molar-refractivity contribution in [3.8, 4) is 0 Å². The number of benzene rings is 2. The molecule has 0 aliphatic heterocycles. The second kappa shape index (κ2) is 16.3. The summed E-state index contributed by atoms with van der Waals surface area (Å²) in [5.41, 5.74) is 0. The van der Waals surface area contributed by atoms with Gasteiger partial charge in [0.15, 0.2) is 0 Å². The Morgan fingerprint density at radius 1 is 0.700 bits per heavy atom. The molecule has 4 aromatic carbocycles. The number of allylic oxidation sites excluding steroid dienone is 2. The average Bonchev–Trinajstić information content (AvgIpc) is 3.32. The van der Waals surface area contributed by atoms with Crippen molar-refractivity contribution in [1.82, 2.24) is 0 Å². The minimum Gasteiger partial charge on any atom is -0.214 e. The van der Waals surface area contributed by atoms with Gasteiger partial charge in [0.2, 0.25) is 0 Å². The molecular formula is C27H30O2Zr-2. The number of hydrogen-bond donors (Lipinski definition) is 0. The Kier molecular flexibility index (Phi) is 14.9. The third-order valence-electron chi connectivity index (χ3n) is 3.08. The van der Waals surface area contributed by atoms with Crippen molar-refractivity contribution in [2.24, 2.45) is 0 Å². The number of rotatable bonds is 0. The minimum absolute atomic E-state index is 0.0833. The summed E-state index contributed by atoms with van der Waals surface area (Å²) in [7, 11) is 0. The van der Waals surface area contributed by atoms with Crippen LogP contribution in [-0.2, 0) is 24.2 Å². The Morgan fingerprint density at radius 3 is 1.27 bits per heavy atom. The third kappa shape index (κ3) is 14.5. The fraction of sp³-hybridized carbons (Fsp3) is 0.148. The van der Waals surface area contributed by atoms with Crippen LogP contribution in [0.1, 0.15) is 27.7 Å². The van der Waals surface area contributed by atoms with Crippen molar-refractivity contribution in [2.75, 3.05) is 0 Å². The van der Waals surface area contributed by atoms with Crippen molar-refractivity contribution in [3.63, 3.8) is 0 Å². The summed E-state index contributed by atoms with van der Waals surface area (Å²) in [5.74, 6) is -0.167. The maximum Gasteiger partial charge on any atom is -0.0771 e. The molecule has 0 unspecified atom stereocenters. The van der Waals surface area contributed by atoms with Gasteiger partial charge in [0.25, 0.3) is 0 Å². The molecule has 0 spiro atoms. The second-order valence-corrected chi connectivity index (χ2v) is 9.14. The standard InChI is InChI=1S/C13H9.C5H5.2C3H6O.C3H6.Zr/c1-3-7-12-10(5-1)9-11-6-2-4-8-13(11)12;1-2-4-5-3-1;2*1-3(2)4;1-3-2;/h1-9H;1-5H;2*4H,1H2,2H3;1-2H3;/q2*-1;;;;+2/p-2. The van der Waals surface area contributed by atoms with Crippen molar-refractivity contribution < 1.29 is 34.4 Å². The van der Waals surface area contributed by atoms with Crippen LogP contribution in [0.2, 0.25) is 0 Å². The van der Waals surface area contributed by atoms with Gasteiger partial charge in [-0.2, -0.15) is 18.2 Å². The van der Waals surface area contributed by atoms with Crippen LogP contribution in [0, 0.1) is 0 Å². The summed E-state index contributed by atoms with van der Waals surface area (Å²) in [6.45, 7) is 13.1. The van der Waals surface area contributed by atoms with Crippen LogP contribution < -0.4 is 10.2 Å². The van der Waals surface area contributed by atoms with Gasteiger partial charge in [-0.1, -0.05) is 50.2 Å². The van der Waals surface area contributed by atoms with Crippen LogP contribution in [0.5, 0.6) is 0 Å². The third-order valence-corrected chi connectivity index (χ3v) is 3.08. The molecule has 2 nitrogen and oxygen atoms in total. The van der Waals surface area contributed by atoms with Gasteiger partial charge in [0.1, 0.15) is 0 Å². The van der Waals surface area contributed by atoms with Crippen LogP contribution in [0.25, 0.3) is 21.5 Å². The van der Waals surface area contributed by atoms with Gasteiger partial charge in [-0.3, -0.25) is 0 Å². The van der Waals surface area contributed by atoms with Crippen molar-refractivity contribution >= 4 is 24.8 Å². The van der Waals surface area contributed by atoms with Crippen molar-refractivity contribution in [1.29, 1.82) is 0 Å². The van der Waals surface area contributed by atoms with E-state index in [9.17, 15) is 10.2 Å². The average molecular weight is 478 g/mol. The van der Waals surface area contributed by atoms with E-state index < -0.39 is 0 Å². The zero-order valence-corrected chi connectivity index (χ0v) is 20.8. The minimum atomic E-state index is -0.0833. The van der Waals surface area contributed by atoms with E-state index in [0.29, 0.717) is 0 Å². The first-order valence-electron chi connectivity index (χ1n) is 9.51. The summed E-state index contributed by atoms with van der Waals surface area (Å²) in [6.07, 6.45) is 0. The van der Waals surface area contributed by atoms with E-state index in [1.165, 1.54) is 38.6 Å². The quantitative estimate of drug-likeness (QED) is 0.244.